The lowest BCUT2D eigenvalue weighted by molar-refractivity contribution is 0.0188. The Hall–Kier alpha value is -1.42. The Morgan fingerprint density at radius 2 is 1.79 bits per heavy atom. The Morgan fingerprint density at radius 3 is 2.21 bits per heavy atom. The van der Waals surface area contributed by atoms with Crippen molar-refractivity contribution in [3.05, 3.63) is 0 Å². The third-order valence-corrected chi connectivity index (χ3v) is 3.24. The lowest BCUT2D eigenvalue weighted by atomic mass is 10.2. The summed E-state index contributed by atoms with van der Waals surface area (Å²) in [6, 6.07) is 0. The Balaban J connectivity index is 2.52. The van der Waals surface area contributed by atoms with Crippen molar-refractivity contribution < 1.29 is 9.53 Å². The number of hydrogen-bond donors (Lipinski definition) is 0. The van der Waals surface area contributed by atoms with Crippen LogP contribution in [0.1, 0.15) is 20.8 Å². The van der Waals surface area contributed by atoms with Crippen molar-refractivity contribution in [2.75, 3.05) is 32.4 Å². The molecule has 0 saturated carbocycles. The van der Waals surface area contributed by atoms with E-state index in [0.717, 1.165) is 0 Å². The molecule has 0 radical (unpaired) electrons. The Kier molecular flexibility index (Phi) is 5.48. The van der Waals surface area contributed by atoms with Gasteiger partial charge in [-0.1, -0.05) is 11.8 Å². The Morgan fingerprint density at radius 1 is 1.26 bits per heavy atom. The van der Waals surface area contributed by atoms with Gasteiger partial charge in [-0.2, -0.15) is 5.26 Å². The second kappa shape index (κ2) is 6.66. The van der Waals surface area contributed by atoms with E-state index in [4.69, 9.17) is 10.00 Å². The first-order chi connectivity index (χ1) is 8.87. The highest BCUT2D eigenvalue weighted by atomic mass is 32.2. The van der Waals surface area contributed by atoms with Crippen LogP contribution in [0.4, 0.5) is 4.79 Å². The summed E-state index contributed by atoms with van der Waals surface area (Å²) in [6.07, 6.45) is 3.40. The van der Waals surface area contributed by atoms with Crippen molar-refractivity contribution in [2.24, 2.45) is 4.99 Å². The zero-order valence-corrected chi connectivity index (χ0v) is 12.7. The largest absolute Gasteiger partial charge is 0.444 e. The fourth-order valence-electron chi connectivity index (χ4n) is 1.70. The van der Waals surface area contributed by atoms with E-state index in [0.29, 0.717) is 31.3 Å². The summed E-state index contributed by atoms with van der Waals surface area (Å²) in [6.45, 7) is 8.06. The van der Waals surface area contributed by atoms with Crippen LogP contribution < -0.4 is 0 Å². The minimum absolute atomic E-state index is 0.282. The third-order valence-electron chi connectivity index (χ3n) is 2.53. The average Bonchev–Trinajstić information content (AvgIpc) is 2.34. The van der Waals surface area contributed by atoms with Gasteiger partial charge in [0.25, 0.3) is 0 Å². The highest BCUT2D eigenvalue weighted by Gasteiger charge is 2.26. The van der Waals surface area contributed by atoms with Gasteiger partial charge in [0.2, 0.25) is 6.19 Å². The lowest BCUT2D eigenvalue weighted by Gasteiger charge is -2.36. The molecular formula is C12H20N4O2S. The van der Waals surface area contributed by atoms with Gasteiger partial charge in [-0.05, 0) is 27.0 Å². The fraction of sp³-hybridized carbons (Fsp3) is 0.750. The van der Waals surface area contributed by atoms with Crippen molar-refractivity contribution in [1.29, 1.82) is 5.26 Å². The minimum atomic E-state index is -0.471. The van der Waals surface area contributed by atoms with Crippen LogP contribution in [0.3, 0.4) is 0 Å². The molecule has 1 amide bonds. The Bertz CT molecular complexity index is 390. The molecule has 6 nitrogen and oxygen atoms in total. The molecule has 1 rings (SSSR count). The van der Waals surface area contributed by atoms with Crippen LogP contribution in [0.15, 0.2) is 4.99 Å². The van der Waals surface area contributed by atoms with Gasteiger partial charge in [0, 0.05) is 26.2 Å². The molecule has 1 heterocycles. The summed E-state index contributed by atoms with van der Waals surface area (Å²) in [4.78, 5) is 19.4. The zero-order valence-electron chi connectivity index (χ0n) is 11.8. The Labute approximate surface area is 118 Å². The van der Waals surface area contributed by atoms with E-state index in [1.807, 2.05) is 31.9 Å². The first-order valence-corrected chi connectivity index (χ1v) is 7.33. The maximum atomic E-state index is 11.9. The van der Waals surface area contributed by atoms with Gasteiger partial charge >= 0.3 is 6.09 Å². The molecule has 0 unspecified atom stereocenters. The SMILES string of the molecule is CSC(=NC#N)N1CCN(C(=O)OC(C)(C)C)CC1. The molecule has 0 bridgehead atoms. The topological polar surface area (TPSA) is 68.9 Å². The van der Waals surface area contributed by atoms with Gasteiger partial charge in [0.15, 0.2) is 5.17 Å². The molecule has 1 fully saturated rings. The van der Waals surface area contributed by atoms with E-state index < -0.39 is 5.60 Å². The summed E-state index contributed by atoms with van der Waals surface area (Å²) < 4.78 is 5.33. The number of piperazine rings is 1. The number of carbonyl (C=O) groups excluding carboxylic acids is 1. The highest BCUT2D eigenvalue weighted by molar-refractivity contribution is 8.13. The van der Waals surface area contributed by atoms with Crippen molar-refractivity contribution in [3.63, 3.8) is 0 Å². The van der Waals surface area contributed by atoms with Gasteiger partial charge in [-0.25, -0.2) is 4.79 Å². The number of amidine groups is 1. The zero-order chi connectivity index (χ0) is 14.5. The molecule has 0 aliphatic carbocycles. The van der Waals surface area contributed by atoms with Gasteiger partial charge in [0.1, 0.15) is 5.60 Å². The summed E-state index contributed by atoms with van der Waals surface area (Å²) in [5.41, 5.74) is -0.471. The number of ether oxygens (including phenoxy) is 1. The predicted molar refractivity (Wildman–Crippen MR) is 75.9 cm³/mol. The lowest BCUT2D eigenvalue weighted by Crippen LogP contribution is -2.51. The monoisotopic (exact) mass is 284 g/mol. The van der Waals surface area contributed by atoms with Crippen LogP contribution in [-0.2, 0) is 4.74 Å². The van der Waals surface area contributed by atoms with Crippen molar-refractivity contribution in [3.8, 4) is 6.19 Å². The first-order valence-electron chi connectivity index (χ1n) is 6.11. The van der Waals surface area contributed by atoms with Crippen LogP contribution in [0.2, 0.25) is 0 Å². The van der Waals surface area contributed by atoms with Gasteiger partial charge in [-0.3, -0.25) is 0 Å². The number of aliphatic imine (C=N–C) groups is 1. The van der Waals surface area contributed by atoms with E-state index in [9.17, 15) is 4.79 Å². The van der Waals surface area contributed by atoms with Crippen LogP contribution in [0.25, 0.3) is 0 Å². The molecule has 0 spiro atoms. The fourth-order valence-corrected chi connectivity index (χ4v) is 2.27. The molecule has 106 valence electrons. The van der Waals surface area contributed by atoms with E-state index in [1.165, 1.54) is 11.8 Å². The van der Waals surface area contributed by atoms with E-state index >= 15 is 0 Å². The van der Waals surface area contributed by atoms with E-state index in [-0.39, 0.29) is 6.09 Å². The maximum Gasteiger partial charge on any atom is 0.410 e. The molecule has 0 aromatic heterocycles. The molecule has 1 aliphatic heterocycles. The smallest absolute Gasteiger partial charge is 0.410 e. The van der Waals surface area contributed by atoms with Crippen LogP contribution in [-0.4, -0.2) is 59.1 Å². The molecule has 0 aromatic rings. The van der Waals surface area contributed by atoms with Crippen molar-refractivity contribution >= 4 is 23.0 Å². The van der Waals surface area contributed by atoms with Gasteiger partial charge in [-0.15, -0.1) is 4.99 Å². The third kappa shape index (κ3) is 4.99. The number of nitriles is 1. The van der Waals surface area contributed by atoms with Gasteiger partial charge in [0.05, 0.1) is 0 Å². The first kappa shape index (κ1) is 15.6. The molecule has 0 N–H and O–H groups in total. The molecule has 0 aromatic carbocycles. The number of rotatable bonds is 0. The number of thioether (sulfide) groups is 1. The van der Waals surface area contributed by atoms with Crippen molar-refractivity contribution in [2.45, 2.75) is 26.4 Å². The normalized spacial score (nSPS) is 17.1. The summed E-state index contributed by atoms with van der Waals surface area (Å²) in [5, 5.41) is 9.30. The highest BCUT2D eigenvalue weighted by Crippen LogP contribution is 2.14. The predicted octanol–water partition coefficient (Wildman–Crippen LogP) is 1.74. The second-order valence-electron chi connectivity index (χ2n) is 5.15. The minimum Gasteiger partial charge on any atom is -0.444 e. The standard InChI is InChI=1S/C12H20N4O2S/c1-12(2,3)18-11(17)16-7-5-15(6-8-16)10(19-4)14-9-13/h5-8H2,1-4H3. The average molecular weight is 284 g/mol. The number of amides is 1. The molecular weight excluding hydrogens is 264 g/mol. The van der Waals surface area contributed by atoms with E-state index in [2.05, 4.69) is 4.99 Å². The molecule has 7 heteroatoms. The molecule has 19 heavy (non-hydrogen) atoms. The molecule has 1 aliphatic rings. The molecule has 0 atom stereocenters. The molecule has 1 saturated heterocycles. The number of nitrogens with zero attached hydrogens (tertiary/aromatic N) is 4. The maximum absolute atomic E-state index is 11.9. The van der Waals surface area contributed by atoms with Gasteiger partial charge < -0.3 is 14.5 Å². The summed E-state index contributed by atoms with van der Waals surface area (Å²) in [5.74, 6) is 0. The van der Waals surface area contributed by atoms with Crippen LogP contribution >= 0.6 is 11.8 Å². The summed E-state index contributed by atoms with van der Waals surface area (Å²) in [7, 11) is 0. The van der Waals surface area contributed by atoms with Crippen LogP contribution in [0, 0.1) is 11.5 Å². The summed E-state index contributed by atoms with van der Waals surface area (Å²) >= 11 is 1.44. The number of carbonyl (C=O) groups is 1. The second-order valence-corrected chi connectivity index (χ2v) is 5.93. The van der Waals surface area contributed by atoms with Crippen LogP contribution in [0.5, 0.6) is 0 Å². The number of hydrogen-bond acceptors (Lipinski definition) is 5. The van der Waals surface area contributed by atoms with E-state index in [1.54, 1.807) is 11.1 Å². The quantitative estimate of drug-likeness (QED) is 0.385. The van der Waals surface area contributed by atoms with Crippen molar-refractivity contribution in [1.82, 2.24) is 9.80 Å².